The summed E-state index contributed by atoms with van der Waals surface area (Å²) in [5, 5.41) is 0. The third-order valence-corrected chi connectivity index (χ3v) is 3.87. The molecule has 2 N–H and O–H groups in total. The second kappa shape index (κ2) is 6.80. The third-order valence-electron chi connectivity index (χ3n) is 3.87. The quantitative estimate of drug-likeness (QED) is 0.824. The van der Waals surface area contributed by atoms with E-state index in [4.69, 9.17) is 10.5 Å². The molecule has 1 aromatic carbocycles. The van der Waals surface area contributed by atoms with Gasteiger partial charge in [0.05, 0.1) is 0 Å². The van der Waals surface area contributed by atoms with E-state index in [-0.39, 0.29) is 6.23 Å². The average Bonchev–Trinajstić information content (AvgIpc) is 2.42. The highest BCUT2D eigenvalue weighted by Gasteiger charge is 2.23. The van der Waals surface area contributed by atoms with E-state index >= 15 is 0 Å². The molecule has 1 aliphatic rings. The highest BCUT2D eigenvalue weighted by atomic mass is 16.5. The van der Waals surface area contributed by atoms with Crippen LogP contribution in [-0.4, -0.2) is 24.2 Å². The summed E-state index contributed by atoms with van der Waals surface area (Å²) in [6.45, 7) is 6.58. The van der Waals surface area contributed by atoms with Crippen molar-refractivity contribution in [1.82, 2.24) is 4.90 Å². The molecule has 1 aromatic rings. The van der Waals surface area contributed by atoms with Crippen molar-refractivity contribution in [3.8, 4) is 5.75 Å². The maximum Gasteiger partial charge on any atom is 0.152 e. The van der Waals surface area contributed by atoms with E-state index in [0.29, 0.717) is 0 Å². The number of nitrogens with two attached hydrogens (primary N) is 1. The molecule has 0 amide bonds. The van der Waals surface area contributed by atoms with Crippen molar-refractivity contribution in [2.45, 2.75) is 52.2 Å². The highest BCUT2D eigenvalue weighted by molar-refractivity contribution is 5.49. The van der Waals surface area contributed by atoms with Crippen LogP contribution >= 0.6 is 0 Å². The average molecular weight is 262 g/mol. The molecule has 3 nitrogen and oxygen atoms in total. The Morgan fingerprint density at radius 2 is 2.21 bits per heavy atom. The number of nitrogen functional groups attached to an aromatic ring is 1. The van der Waals surface area contributed by atoms with E-state index < -0.39 is 0 Å². The number of aryl methyl sites for hydroxylation is 1. The number of hydrogen-bond donors (Lipinski definition) is 1. The standard InChI is InChI=1S/C16H26N2O/c1-3-4-10-18-11-6-5-7-16(18)19-14-8-9-15(17)13(2)12-14/h8-9,12,16H,3-7,10-11,17H2,1-2H3. The first kappa shape index (κ1) is 14.2. The van der Waals surface area contributed by atoms with Gasteiger partial charge in [-0.3, -0.25) is 4.90 Å². The Labute approximate surface area is 116 Å². The maximum absolute atomic E-state index is 6.17. The van der Waals surface area contributed by atoms with Crippen molar-refractivity contribution in [2.75, 3.05) is 18.8 Å². The molecule has 1 atom stereocenters. The lowest BCUT2D eigenvalue weighted by atomic mass is 10.1. The van der Waals surface area contributed by atoms with E-state index in [1.54, 1.807) is 0 Å². The Bertz CT molecular complexity index is 406. The number of unbranched alkanes of at least 4 members (excludes halogenated alkanes) is 1. The van der Waals surface area contributed by atoms with Crippen molar-refractivity contribution >= 4 is 5.69 Å². The molecule has 2 rings (SSSR count). The lowest BCUT2D eigenvalue weighted by molar-refractivity contribution is -0.00448. The third kappa shape index (κ3) is 3.87. The number of ether oxygens (including phenoxy) is 1. The Hall–Kier alpha value is -1.22. The van der Waals surface area contributed by atoms with Crippen LogP contribution < -0.4 is 10.5 Å². The summed E-state index contributed by atoms with van der Waals surface area (Å²) in [5.74, 6) is 0.945. The zero-order chi connectivity index (χ0) is 13.7. The highest BCUT2D eigenvalue weighted by Crippen LogP contribution is 2.24. The summed E-state index contributed by atoms with van der Waals surface area (Å²) in [4.78, 5) is 2.48. The van der Waals surface area contributed by atoms with Gasteiger partial charge in [-0.15, -0.1) is 0 Å². The molecule has 1 unspecified atom stereocenters. The first-order valence-electron chi connectivity index (χ1n) is 7.47. The predicted molar refractivity (Wildman–Crippen MR) is 80.3 cm³/mol. The van der Waals surface area contributed by atoms with Crippen LogP contribution in [-0.2, 0) is 0 Å². The molecule has 0 saturated carbocycles. The first-order chi connectivity index (χ1) is 9.20. The first-order valence-corrected chi connectivity index (χ1v) is 7.47. The lowest BCUT2D eigenvalue weighted by Crippen LogP contribution is -2.43. The number of benzene rings is 1. The Kier molecular flexibility index (Phi) is 5.08. The smallest absolute Gasteiger partial charge is 0.152 e. The SMILES string of the molecule is CCCCN1CCCCC1Oc1ccc(N)c(C)c1. The predicted octanol–water partition coefficient (Wildman–Crippen LogP) is 3.57. The van der Waals surface area contributed by atoms with Crippen LogP contribution in [0.4, 0.5) is 5.69 Å². The van der Waals surface area contributed by atoms with Gasteiger partial charge in [0.1, 0.15) is 5.75 Å². The molecular weight excluding hydrogens is 236 g/mol. The Morgan fingerprint density at radius 3 is 2.95 bits per heavy atom. The number of likely N-dealkylation sites (tertiary alicyclic amines) is 1. The molecule has 1 aliphatic heterocycles. The van der Waals surface area contributed by atoms with Crippen molar-refractivity contribution in [3.05, 3.63) is 23.8 Å². The normalized spacial score (nSPS) is 20.4. The minimum Gasteiger partial charge on any atom is -0.475 e. The summed E-state index contributed by atoms with van der Waals surface area (Å²) < 4.78 is 6.17. The maximum atomic E-state index is 6.17. The fraction of sp³-hybridized carbons (Fsp3) is 0.625. The minimum absolute atomic E-state index is 0.239. The number of anilines is 1. The zero-order valence-electron chi connectivity index (χ0n) is 12.2. The summed E-state index contributed by atoms with van der Waals surface area (Å²) in [6.07, 6.45) is 6.42. The van der Waals surface area contributed by atoms with Crippen molar-refractivity contribution < 1.29 is 4.74 Å². The van der Waals surface area contributed by atoms with Crippen LogP contribution in [0.3, 0.4) is 0 Å². The van der Waals surface area contributed by atoms with E-state index in [2.05, 4.69) is 11.8 Å². The summed E-state index contributed by atoms with van der Waals surface area (Å²) in [7, 11) is 0. The molecule has 3 heteroatoms. The van der Waals surface area contributed by atoms with Crippen LogP contribution in [0, 0.1) is 6.92 Å². The molecule has 0 aliphatic carbocycles. The van der Waals surface area contributed by atoms with Gasteiger partial charge in [-0.05, 0) is 56.4 Å². The van der Waals surface area contributed by atoms with Gasteiger partial charge in [-0.25, -0.2) is 0 Å². The molecule has 0 bridgehead atoms. The molecule has 19 heavy (non-hydrogen) atoms. The van der Waals surface area contributed by atoms with Gasteiger partial charge in [0.15, 0.2) is 6.23 Å². The molecular formula is C16H26N2O. The monoisotopic (exact) mass is 262 g/mol. The lowest BCUT2D eigenvalue weighted by Gasteiger charge is -2.35. The van der Waals surface area contributed by atoms with Gasteiger partial charge in [-0.1, -0.05) is 13.3 Å². The number of rotatable bonds is 5. The van der Waals surface area contributed by atoms with E-state index in [9.17, 15) is 0 Å². The van der Waals surface area contributed by atoms with Gasteiger partial charge >= 0.3 is 0 Å². The van der Waals surface area contributed by atoms with Gasteiger partial charge < -0.3 is 10.5 Å². The molecule has 1 fully saturated rings. The number of piperidine rings is 1. The van der Waals surface area contributed by atoms with E-state index in [1.165, 1.54) is 32.2 Å². The number of hydrogen-bond acceptors (Lipinski definition) is 3. The van der Waals surface area contributed by atoms with Crippen molar-refractivity contribution in [1.29, 1.82) is 0 Å². The number of nitrogens with zero attached hydrogens (tertiary/aromatic N) is 1. The van der Waals surface area contributed by atoms with Crippen LogP contribution in [0.15, 0.2) is 18.2 Å². The zero-order valence-corrected chi connectivity index (χ0v) is 12.2. The van der Waals surface area contributed by atoms with Gasteiger partial charge in [0.2, 0.25) is 0 Å². The molecule has 0 aromatic heterocycles. The van der Waals surface area contributed by atoms with Crippen LogP contribution in [0.5, 0.6) is 5.75 Å². The van der Waals surface area contributed by atoms with Gasteiger partial charge in [0.25, 0.3) is 0 Å². The summed E-state index contributed by atoms with van der Waals surface area (Å²) >= 11 is 0. The van der Waals surface area contributed by atoms with Crippen LogP contribution in [0.1, 0.15) is 44.6 Å². The molecule has 106 valence electrons. The molecule has 1 saturated heterocycles. The summed E-state index contributed by atoms with van der Waals surface area (Å²) in [6, 6.07) is 5.96. The van der Waals surface area contributed by atoms with Crippen molar-refractivity contribution in [2.24, 2.45) is 0 Å². The van der Waals surface area contributed by atoms with Gasteiger partial charge in [-0.2, -0.15) is 0 Å². The fourth-order valence-corrected chi connectivity index (χ4v) is 2.59. The Balaban J connectivity index is 1.99. The Morgan fingerprint density at radius 1 is 1.37 bits per heavy atom. The van der Waals surface area contributed by atoms with Crippen LogP contribution in [0.2, 0.25) is 0 Å². The second-order valence-corrected chi connectivity index (χ2v) is 5.48. The van der Waals surface area contributed by atoms with E-state index in [0.717, 1.165) is 30.0 Å². The fourth-order valence-electron chi connectivity index (χ4n) is 2.59. The second-order valence-electron chi connectivity index (χ2n) is 5.48. The van der Waals surface area contributed by atoms with Crippen LogP contribution in [0.25, 0.3) is 0 Å². The molecule has 0 radical (unpaired) electrons. The van der Waals surface area contributed by atoms with Gasteiger partial charge in [0, 0.05) is 18.8 Å². The minimum atomic E-state index is 0.239. The van der Waals surface area contributed by atoms with E-state index in [1.807, 2.05) is 25.1 Å². The topological polar surface area (TPSA) is 38.5 Å². The van der Waals surface area contributed by atoms with Crippen molar-refractivity contribution in [3.63, 3.8) is 0 Å². The molecule has 1 heterocycles. The summed E-state index contributed by atoms with van der Waals surface area (Å²) in [5.41, 5.74) is 7.77. The molecule has 0 spiro atoms. The largest absolute Gasteiger partial charge is 0.475 e.